The van der Waals surface area contributed by atoms with Gasteiger partial charge >= 0.3 is 0 Å². The third kappa shape index (κ3) is 5.15. The number of nitrogens with one attached hydrogen (secondary N) is 1. The molecule has 0 unspecified atom stereocenters. The summed E-state index contributed by atoms with van der Waals surface area (Å²) >= 11 is 0. The summed E-state index contributed by atoms with van der Waals surface area (Å²) in [4.78, 5) is 26.0. The molecule has 0 radical (unpaired) electrons. The normalized spacial score (nSPS) is 14.9. The molecule has 0 aromatic heterocycles. The average molecular weight is 334 g/mol. The summed E-state index contributed by atoms with van der Waals surface area (Å²) in [6.45, 7) is 5.55. The second-order valence-corrected chi connectivity index (χ2v) is 5.70. The van der Waals surface area contributed by atoms with E-state index in [1.54, 1.807) is 17.0 Å². The van der Waals surface area contributed by atoms with Gasteiger partial charge in [-0.15, -0.1) is 0 Å². The molecule has 6 nitrogen and oxygen atoms in total. The highest BCUT2D eigenvalue weighted by Gasteiger charge is 2.20. The van der Waals surface area contributed by atoms with Crippen molar-refractivity contribution in [1.82, 2.24) is 4.90 Å². The Labute approximate surface area is 143 Å². The summed E-state index contributed by atoms with van der Waals surface area (Å²) in [5.41, 5.74) is 0.565. The van der Waals surface area contributed by atoms with E-state index in [0.29, 0.717) is 43.4 Å². The SMILES string of the molecule is CCOc1ccc(OCC)c(NC(=O)CN2CCCCCC2=O)c1. The van der Waals surface area contributed by atoms with Crippen molar-refractivity contribution in [3.05, 3.63) is 18.2 Å². The third-order valence-electron chi connectivity index (χ3n) is 3.84. The van der Waals surface area contributed by atoms with Crippen molar-refractivity contribution in [1.29, 1.82) is 0 Å². The Morgan fingerprint density at radius 1 is 1.17 bits per heavy atom. The smallest absolute Gasteiger partial charge is 0.244 e. The van der Waals surface area contributed by atoms with E-state index in [9.17, 15) is 9.59 Å². The molecule has 0 atom stereocenters. The molecule has 1 N–H and O–H groups in total. The van der Waals surface area contributed by atoms with Crippen molar-refractivity contribution in [2.24, 2.45) is 0 Å². The Morgan fingerprint density at radius 3 is 2.71 bits per heavy atom. The number of hydrogen-bond donors (Lipinski definition) is 1. The molecule has 1 fully saturated rings. The highest BCUT2D eigenvalue weighted by atomic mass is 16.5. The second-order valence-electron chi connectivity index (χ2n) is 5.70. The molecule has 2 rings (SSSR count). The minimum absolute atomic E-state index is 0.0516. The Balaban J connectivity index is 2.05. The van der Waals surface area contributed by atoms with Crippen molar-refractivity contribution in [3.63, 3.8) is 0 Å². The van der Waals surface area contributed by atoms with Gasteiger partial charge in [-0.05, 0) is 38.8 Å². The molecule has 1 aromatic carbocycles. The Morgan fingerprint density at radius 2 is 1.96 bits per heavy atom. The van der Waals surface area contributed by atoms with Crippen LogP contribution in [0.5, 0.6) is 11.5 Å². The Hall–Kier alpha value is -2.24. The highest BCUT2D eigenvalue weighted by molar-refractivity contribution is 5.96. The first kappa shape index (κ1) is 18.1. The average Bonchev–Trinajstić information content (AvgIpc) is 2.75. The Bertz CT molecular complexity index is 574. The molecular formula is C18H26N2O4. The minimum atomic E-state index is -0.222. The molecule has 6 heteroatoms. The first-order chi connectivity index (χ1) is 11.6. The predicted molar refractivity (Wildman–Crippen MR) is 92.5 cm³/mol. The van der Waals surface area contributed by atoms with Crippen LogP contribution in [0.25, 0.3) is 0 Å². The van der Waals surface area contributed by atoms with Crippen molar-refractivity contribution in [2.45, 2.75) is 39.5 Å². The quantitative estimate of drug-likeness (QED) is 0.832. The van der Waals surface area contributed by atoms with Gasteiger partial charge in [0.1, 0.15) is 11.5 Å². The summed E-state index contributed by atoms with van der Waals surface area (Å²) < 4.78 is 11.0. The first-order valence-corrected chi connectivity index (χ1v) is 8.61. The monoisotopic (exact) mass is 334 g/mol. The number of carbonyl (C=O) groups is 2. The van der Waals surface area contributed by atoms with E-state index in [1.165, 1.54) is 0 Å². The van der Waals surface area contributed by atoms with Crippen LogP contribution in [0.1, 0.15) is 39.5 Å². The molecule has 132 valence electrons. The van der Waals surface area contributed by atoms with Gasteiger partial charge in [0.25, 0.3) is 0 Å². The molecular weight excluding hydrogens is 308 g/mol. The Kier molecular flexibility index (Phi) is 6.90. The van der Waals surface area contributed by atoms with Gasteiger partial charge in [-0.3, -0.25) is 9.59 Å². The van der Waals surface area contributed by atoms with Crippen molar-refractivity contribution in [3.8, 4) is 11.5 Å². The van der Waals surface area contributed by atoms with Gasteiger partial charge < -0.3 is 19.7 Å². The van der Waals surface area contributed by atoms with Gasteiger partial charge in [0.05, 0.1) is 25.4 Å². The molecule has 0 aliphatic carbocycles. The summed E-state index contributed by atoms with van der Waals surface area (Å²) in [5, 5.41) is 2.84. The first-order valence-electron chi connectivity index (χ1n) is 8.61. The zero-order valence-corrected chi connectivity index (χ0v) is 14.5. The van der Waals surface area contributed by atoms with Gasteiger partial charge in [-0.2, -0.15) is 0 Å². The number of nitrogens with zero attached hydrogens (tertiary/aromatic N) is 1. The van der Waals surface area contributed by atoms with Crippen LogP contribution in [0.2, 0.25) is 0 Å². The van der Waals surface area contributed by atoms with Crippen LogP contribution in [-0.4, -0.2) is 43.0 Å². The van der Waals surface area contributed by atoms with Crippen LogP contribution in [-0.2, 0) is 9.59 Å². The third-order valence-corrected chi connectivity index (χ3v) is 3.84. The van der Waals surface area contributed by atoms with Gasteiger partial charge in [0.15, 0.2) is 0 Å². The molecule has 0 spiro atoms. The molecule has 0 saturated carbocycles. The molecule has 1 heterocycles. The van der Waals surface area contributed by atoms with E-state index in [0.717, 1.165) is 19.3 Å². The predicted octanol–water partition coefficient (Wildman–Crippen LogP) is 2.83. The van der Waals surface area contributed by atoms with Crippen LogP contribution in [0.3, 0.4) is 0 Å². The zero-order chi connectivity index (χ0) is 17.4. The maximum atomic E-state index is 12.4. The lowest BCUT2D eigenvalue weighted by Crippen LogP contribution is -2.37. The molecule has 24 heavy (non-hydrogen) atoms. The standard InChI is InChI=1S/C18H26N2O4/c1-3-23-14-9-10-16(24-4-2)15(12-14)19-17(21)13-20-11-7-5-6-8-18(20)22/h9-10,12H,3-8,11,13H2,1-2H3,(H,19,21). The summed E-state index contributed by atoms with van der Waals surface area (Å²) in [5.74, 6) is 1.09. The number of benzene rings is 1. The van der Waals surface area contributed by atoms with Crippen molar-refractivity contribution >= 4 is 17.5 Å². The zero-order valence-electron chi connectivity index (χ0n) is 14.5. The van der Waals surface area contributed by atoms with E-state index in [4.69, 9.17) is 9.47 Å². The molecule has 1 saturated heterocycles. The number of likely N-dealkylation sites (tertiary alicyclic amines) is 1. The van der Waals surface area contributed by atoms with Crippen LogP contribution < -0.4 is 14.8 Å². The summed E-state index contributed by atoms with van der Waals surface area (Å²) in [7, 11) is 0. The lowest BCUT2D eigenvalue weighted by molar-refractivity contribution is -0.134. The molecule has 1 aliphatic rings. The maximum Gasteiger partial charge on any atom is 0.244 e. The summed E-state index contributed by atoms with van der Waals surface area (Å²) in [6, 6.07) is 5.33. The number of hydrogen-bond acceptors (Lipinski definition) is 4. The number of anilines is 1. The highest BCUT2D eigenvalue weighted by Crippen LogP contribution is 2.29. The number of rotatable bonds is 7. The minimum Gasteiger partial charge on any atom is -0.494 e. The van der Waals surface area contributed by atoms with E-state index in [2.05, 4.69) is 5.32 Å². The number of amides is 2. The van der Waals surface area contributed by atoms with E-state index < -0.39 is 0 Å². The van der Waals surface area contributed by atoms with Crippen molar-refractivity contribution < 1.29 is 19.1 Å². The van der Waals surface area contributed by atoms with Gasteiger partial charge in [0.2, 0.25) is 11.8 Å². The second kappa shape index (κ2) is 9.15. The fourth-order valence-electron chi connectivity index (χ4n) is 2.71. The molecule has 1 aliphatic heterocycles. The van der Waals surface area contributed by atoms with Gasteiger partial charge in [0, 0.05) is 19.0 Å². The van der Waals surface area contributed by atoms with Crippen molar-refractivity contribution in [2.75, 3.05) is 31.6 Å². The fourth-order valence-corrected chi connectivity index (χ4v) is 2.71. The van der Waals surface area contributed by atoms with Gasteiger partial charge in [-0.25, -0.2) is 0 Å². The van der Waals surface area contributed by atoms with Gasteiger partial charge in [-0.1, -0.05) is 6.42 Å². The van der Waals surface area contributed by atoms with E-state index >= 15 is 0 Å². The number of carbonyl (C=O) groups excluding carboxylic acids is 2. The van der Waals surface area contributed by atoms with E-state index in [-0.39, 0.29) is 18.4 Å². The van der Waals surface area contributed by atoms with E-state index in [1.807, 2.05) is 19.9 Å². The van der Waals surface area contributed by atoms with Crippen LogP contribution >= 0.6 is 0 Å². The molecule has 1 aromatic rings. The van der Waals surface area contributed by atoms with Crippen LogP contribution in [0.4, 0.5) is 5.69 Å². The topological polar surface area (TPSA) is 67.9 Å². The lowest BCUT2D eigenvalue weighted by atomic mass is 10.2. The summed E-state index contributed by atoms with van der Waals surface area (Å²) in [6.07, 6.45) is 3.41. The maximum absolute atomic E-state index is 12.4. The molecule has 0 bridgehead atoms. The largest absolute Gasteiger partial charge is 0.494 e. The van der Waals surface area contributed by atoms with Crippen LogP contribution in [0, 0.1) is 0 Å². The number of ether oxygens (including phenoxy) is 2. The lowest BCUT2D eigenvalue weighted by Gasteiger charge is -2.20. The fraction of sp³-hybridized carbons (Fsp3) is 0.556. The van der Waals surface area contributed by atoms with Crippen LogP contribution in [0.15, 0.2) is 18.2 Å². The molecule has 2 amide bonds.